The van der Waals surface area contributed by atoms with Crippen LogP contribution >= 0.6 is 0 Å². The van der Waals surface area contributed by atoms with Crippen LogP contribution < -0.4 is 5.32 Å². The van der Waals surface area contributed by atoms with Gasteiger partial charge in [-0.2, -0.15) is 0 Å². The zero-order chi connectivity index (χ0) is 13.5. The zero-order valence-electron chi connectivity index (χ0n) is 10.6. The summed E-state index contributed by atoms with van der Waals surface area (Å²) >= 11 is 0. The Bertz CT molecular complexity index is 511. The Morgan fingerprint density at radius 2 is 1.58 bits per heavy atom. The maximum absolute atomic E-state index is 11.7. The molecule has 0 fully saturated rings. The molecule has 1 atom stereocenters. The number of hydrogen-bond donors (Lipinski definition) is 2. The lowest BCUT2D eigenvalue weighted by Gasteiger charge is -2.12. The fraction of sp³-hybridized carbons (Fsp3) is 0.188. The van der Waals surface area contributed by atoms with Crippen molar-refractivity contribution in [1.82, 2.24) is 5.32 Å². The first-order valence-corrected chi connectivity index (χ1v) is 6.29. The lowest BCUT2D eigenvalue weighted by Crippen LogP contribution is -2.29. The largest absolute Gasteiger partial charge is 0.387 e. The number of aliphatic hydroxyl groups is 1. The molecule has 0 saturated heterocycles. The lowest BCUT2D eigenvalue weighted by molar-refractivity contribution is -0.120. The van der Waals surface area contributed by atoms with Gasteiger partial charge in [0.15, 0.2) is 0 Å². The maximum atomic E-state index is 11.7. The molecule has 0 saturated carbocycles. The molecule has 98 valence electrons. The minimum Gasteiger partial charge on any atom is -0.387 e. The molecule has 0 aromatic heterocycles. The first kappa shape index (κ1) is 13.3. The monoisotopic (exact) mass is 255 g/mol. The third-order valence-corrected chi connectivity index (χ3v) is 2.88. The van der Waals surface area contributed by atoms with E-state index in [0.717, 1.165) is 11.1 Å². The fourth-order valence-electron chi connectivity index (χ4n) is 1.85. The standard InChI is InChI=1S/C16H17NO2/c18-15(14-9-5-2-6-10-14)12-17-16(19)11-13-7-3-1-4-8-13/h1-10,15,18H,11-12H2,(H,17,19). The molecule has 0 aliphatic carbocycles. The summed E-state index contributed by atoms with van der Waals surface area (Å²) in [6, 6.07) is 18.9. The molecule has 0 spiro atoms. The molecule has 2 N–H and O–H groups in total. The van der Waals surface area contributed by atoms with Gasteiger partial charge in [0.1, 0.15) is 0 Å². The van der Waals surface area contributed by atoms with Gasteiger partial charge in [-0.1, -0.05) is 60.7 Å². The minimum absolute atomic E-state index is 0.0822. The highest BCUT2D eigenvalue weighted by molar-refractivity contribution is 5.78. The Kier molecular flexibility index (Phi) is 4.70. The van der Waals surface area contributed by atoms with Crippen molar-refractivity contribution in [2.24, 2.45) is 0 Å². The van der Waals surface area contributed by atoms with Crippen LogP contribution in [0.15, 0.2) is 60.7 Å². The van der Waals surface area contributed by atoms with Gasteiger partial charge in [0, 0.05) is 6.54 Å². The maximum Gasteiger partial charge on any atom is 0.224 e. The average Bonchev–Trinajstić information content (AvgIpc) is 2.47. The Morgan fingerprint density at radius 3 is 2.21 bits per heavy atom. The quantitative estimate of drug-likeness (QED) is 0.859. The second-order valence-electron chi connectivity index (χ2n) is 4.39. The van der Waals surface area contributed by atoms with E-state index in [1.165, 1.54) is 0 Å². The summed E-state index contributed by atoms with van der Waals surface area (Å²) in [6.07, 6.45) is -0.330. The third-order valence-electron chi connectivity index (χ3n) is 2.88. The van der Waals surface area contributed by atoms with Crippen LogP contribution in [0.2, 0.25) is 0 Å². The number of carbonyl (C=O) groups excluding carboxylic acids is 1. The van der Waals surface area contributed by atoms with Crippen LogP contribution in [0, 0.1) is 0 Å². The number of aliphatic hydroxyl groups excluding tert-OH is 1. The molecule has 1 amide bonds. The lowest BCUT2D eigenvalue weighted by atomic mass is 10.1. The van der Waals surface area contributed by atoms with Gasteiger partial charge in [-0.3, -0.25) is 4.79 Å². The summed E-state index contributed by atoms with van der Waals surface area (Å²) in [5.74, 6) is -0.0822. The molecule has 3 heteroatoms. The number of benzene rings is 2. The molecule has 0 bridgehead atoms. The molecule has 2 rings (SSSR count). The first-order valence-electron chi connectivity index (χ1n) is 6.29. The molecule has 0 aliphatic heterocycles. The molecule has 2 aromatic carbocycles. The Hall–Kier alpha value is -2.13. The van der Waals surface area contributed by atoms with Crippen LogP contribution in [0.3, 0.4) is 0 Å². The second kappa shape index (κ2) is 6.71. The summed E-state index contributed by atoms with van der Waals surface area (Å²) in [5, 5.41) is 12.7. The van der Waals surface area contributed by atoms with Gasteiger partial charge < -0.3 is 10.4 Å². The molecule has 0 heterocycles. The van der Waals surface area contributed by atoms with E-state index in [-0.39, 0.29) is 12.5 Å². The van der Waals surface area contributed by atoms with Crippen molar-refractivity contribution >= 4 is 5.91 Å². The highest BCUT2D eigenvalue weighted by atomic mass is 16.3. The van der Waals surface area contributed by atoms with Crippen molar-refractivity contribution in [2.45, 2.75) is 12.5 Å². The Balaban J connectivity index is 1.81. The van der Waals surface area contributed by atoms with Crippen LogP contribution in [0.4, 0.5) is 0 Å². The van der Waals surface area contributed by atoms with Gasteiger partial charge >= 0.3 is 0 Å². The average molecular weight is 255 g/mol. The van der Waals surface area contributed by atoms with Gasteiger partial charge in [0.05, 0.1) is 12.5 Å². The van der Waals surface area contributed by atoms with Crippen molar-refractivity contribution in [3.63, 3.8) is 0 Å². The van der Waals surface area contributed by atoms with Crippen LogP contribution in [-0.2, 0) is 11.2 Å². The summed E-state index contributed by atoms with van der Waals surface area (Å²) in [6.45, 7) is 0.232. The van der Waals surface area contributed by atoms with Crippen molar-refractivity contribution in [3.05, 3.63) is 71.8 Å². The Morgan fingerprint density at radius 1 is 1.00 bits per heavy atom. The number of carbonyl (C=O) groups is 1. The van der Waals surface area contributed by atoms with E-state index in [2.05, 4.69) is 5.32 Å². The minimum atomic E-state index is -0.666. The van der Waals surface area contributed by atoms with Crippen LogP contribution in [0.5, 0.6) is 0 Å². The van der Waals surface area contributed by atoms with E-state index in [1.807, 2.05) is 60.7 Å². The van der Waals surface area contributed by atoms with Crippen molar-refractivity contribution in [1.29, 1.82) is 0 Å². The van der Waals surface area contributed by atoms with Crippen LogP contribution in [0.25, 0.3) is 0 Å². The van der Waals surface area contributed by atoms with Gasteiger partial charge in [0.2, 0.25) is 5.91 Å². The van der Waals surface area contributed by atoms with E-state index in [4.69, 9.17) is 0 Å². The summed E-state index contributed by atoms with van der Waals surface area (Å²) < 4.78 is 0. The number of amides is 1. The SMILES string of the molecule is O=C(Cc1ccccc1)NCC(O)c1ccccc1. The van der Waals surface area contributed by atoms with Crippen molar-refractivity contribution < 1.29 is 9.90 Å². The normalized spacial score (nSPS) is 11.8. The third kappa shape index (κ3) is 4.23. The first-order chi connectivity index (χ1) is 9.25. The molecular formula is C16H17NO2. The van der Waals surface area contributed by atoms with E-state index < -0.39 is 6.10 Å². The molecule has 2 aromatic rings. The molecule has 0 radical (unpaired) electrons. The zero-order valence-corrected chi connectivity index (χ0v) is 10.6. The van der Waals surface area contributed by atoms with E-state index >= 15 is 0 Å². The van der Waals surface area contributed by atoms with Gasteiger partial charge in [-0.25, -0.2) is 0 Å². The van der Waals surface area contributed by atoms with E-state index in [1.54, 1.807) is 0 Å². The topological polar surface area (TPSA) is 49.3 Å². The fourth-order valence-corrected chi connectivity index (χ4v) is 1.85. The predicted octanol–water partition coefficient (Wildman–Crippen LogP) is 2.08. The number of nitrogens with one attached hydrogen (secondary N) is 1. The Labute approximate surface area is 112 Å². The van der Waals surface area contributed by atoms with Crippen molar-refractivity contribution in [2.75, 3.05) is 6.54 Å². The van der Waals surface area contributed by atoms with Crippen LogP contribution in [0.1, 0.15) is 17.2 Å². The molecule has 1 unspecified atom stereocenters. The smallest absolute Gasteiger partial charge is 0.224 e. The molecule has 19 heavy (non-hydrogen) atoms. The second-order valence-corrected chi connectivity index (χ2v) is 4.39. The summed E-state index contributed by atoms with van der Waals surface area (Å²) in [4.78, 5) is 11.7. The van der Waals surface area contributed by atoms with Gasteiger partial charge in [0.25, 0.3) is 0 Å². The molecule has 0 aliphatic rings. The van der Waals surface area contributed by atoms with E-state index in [9.17, 15) is 9.90 Å². The summed E-state index contributed by atoms with van der Waals surface area (Å²) in [5.41, 5.74) is 1.77. The van der Waals surface area contributed by atoms with Crippen molar-refractivity contribution in [3.8, 4) is 0 Å². The predicted molar refractivity (Wildman–Crippen MR) is 74.6 cm³/mol. The van der Waals surface area contributed by atoms with Gasteiger partial charge in [-0.15, -0.1) is 0 Å². The number of rotatable bonds is 5. The summed E-state index contributed by atoms with van der Waals surface area (Å²) in [7, 11) is 0. The highest BCUT2D eigenvalue weighted by Crippen LogP contribution is 2.10. The number of hydrogen-bond acceptors (Lipinski definition) is 2. The highest BCUT2D eigenvalue weighted by Gasteiger charge is 2.09. The molecular weight excluding hydrogens is 238 g/mol. The van der Waals surface area contributed by atoms with E-state index in [0.29, 0.717) is 6.42 Å². The van der Waals surface area contributed by atoms with Crippen LogP contribution in [-0.4, -0.2) is 17.6 Å². The van der Waals surface area contributed by atoms with Gasteiger partial charge in [-0.05, 0) is 11.1 Å². The molecule has 3 nitrogen and oxygen atoms in total.